The molecule has 2 aliphatic rings. The highest BCUT2D eigenvalue weighted by molar-refractivity contribution is 8.27. The third-order valence-electron chi connectivity index (χ3n) is 5.20. The fraction of sp³-hybridized carbons (Fsp3) is 0.0870. The second-order valence-electron chi connectivity index (χ2n) is 7.31. The number of aromatic nitrogens is 2. The maximum atomic E-state index is 13.7. The van der Waals surface area contributed by atoms with E-state index in [2.05, 4.69) is 15.1 Å². The van der Waals surface area contributed by atoms with E-state index in [9.17, 15) is 9.18 Å². The van der Waals surface area contributed by atoms with Crippen molar-refractivity contribution in [2.75, 3.05) is 0 Å². The van der Waals surface area contributed by atoms with Crippen LogP contribution in [-0.4, -0.2) is 36.5 Å². The molecule has 1 aromatic carbocycles. The zero-order valence-electron chi connectivity index (χ0n) is 17.2. The summed E-state index contributed by atoms with van der Waals surface area (Å²) in [7, 11) is 0. The second-order valence-corrected chi connectivity index (χ2v) is 8.26. The number of rotatable bonds is 3. The fourth-order valence-corrected chi connectivity index (χ4v) is 4.58. The quantitative estimate of drug-likeness (QED) is 0.611. The molecule has 0 unspecified atom stereocenters. The van der Waals surface area contributed by atoms with Gasteiger partial charge in [0.2, 0.25) is 5.17 Å². The maximum Gasteiger partial charge on any atom is 0.283 e. The van der Waals surface area contributed by atoms with Gasteiger partial charge in [-0.2, -0.15) is 15.1 Å². The van der Waals surface area contributed by atoms with Crippen molar-refractivity contribution < 1.29 is 9.18 Å². The average molecular weight is 444 g/mol. The van der Waals surface area contributed by atoms with E-state index in [1.807, 2.05) is 36.6 Å². The number of aryl methyl sites for hydroxylation is 1. The topological polar surface area (TPSA) is 86.7 Å². The number of hydrogen-bond donors (Lipinski definition) is 1. The van der Waals surface area contributed by atoms with Gasteiger partial charge in [-0.05, 0) is 73.6 Å². The van der Waals surface area contributed by atoms with E-state index in [1.165, 1.54) is 28.9 Å². The maximum absolute atomic E-state index is 13.7. The summed E-state index contributed by atoms with van der Waals surface area (Å²) in [6.07, 6.45) is 4.99. The van der Waals surface area contributed by atoms with Gasteiger partial charge in [0.05, 0.1) is 5.57 Å². The molecule has 0 aliphatic carbocycles. The summed E-state index contributed by atoms with van der Waals surface area (Å²) in [5.74, 6) is -0.858. The van der Waals surface area contributed by atoms with Crippen molar-refractivity contribution in [2.24, 2.45) is 10.1 Å². The summed E-state index contributed by atoms with van der Waals surface area (Å²) >= 11 is 1.23. The van der Waals surface area contributed by atoms with Crippen LogP contribution in [0.4, 0.5) is 4.39 Å². The number of benzene rings is 1. The van der Waals surface area contributed by atoms with Gasteiger partial charge >= 0.3 is 0 Å². The molecule has 0 fully saturated rings. The monoisotopic (exact) mass is 444 g/mol. The van der Waals surface area contributed by atoms with Gasteiger partial charge in [0.15, 0.2) is 5.84 Å². The van der Waals surface area contributed by atoms with Crippen molar-refractivity contribution >= 4 is 39.8 Å². The molecule has 32 heavy (non-hydrogen) atoms. The Hall–Kier alpha value is -3.85. The van der Waals surface area contributed by atoms with Gasteiger partial charge in [-0.3, -0.25) is 15.2 Å². The number of carbonyl (C=O) groups excluding carboxylic acids is 1. The molecule has 5 rings (SSSR count). The van der Waals surface area contributed by atoms with E-state index in [0.717, 1.165) is 22.5 Å². The summed E-state index contributed by atoms with van der Waals surface area (Å²) in [5.41, 5.74) is 4.08. The number of pyridine rings is 1. The van der Waals surface area contributed by atoms with Crippen LogP contribution in [0, 0.1) is 25.1 Å². The third kappa shape index (κ3) is 3.36. The fourth-order valence-electron chi connectivity index (χ4n) is 3.70. The van der Waals surface area contributed by atoms with Crippen LogP contribution in [0.15, 0.2) is 70.5 Å². The lowest BCUT2D eigenvalue weighted by Gasteiger charge is -2.20. The predicted octanol–water partition coefficient (Wildman–Crippen LogP) is 4.30. The van der Waals surface area contributed by atoms with Crippen LogP contribution in [0.1, 0.15) is 22.5 Å². The van der Waals surface area contributed by atoms with E-state index in [0.29, 0.717) is 15.9 Å². The first kappa shape index (κ1) is 20.1. The van der Waals surface area contributed by atoms with Crippen LogP contribution in [0.3, 0.4) is 0 Å². The third-order valence-corrected chi connectivity index (χ3v) is 6.16. The minimum absolute atomic E-state index is 0.0399. The Labute approximate surface area is 187 Å². The summed E-state index contributed by atoms with van der Waals surface area (Å²) < 4.78 is 15.6. The number of nitrogens with zero attached hydrogens (tertiary/aromatic N) is 5. The average Bonchev–Trinajstić information content (AvgIpc) is 3.32. The lowest BCUT2D eigenvalue weighted by molar-refractivity contribution is -0.114. The SMILES string of the molecule is Cc1cc(/C=C2/C(=N)N3N=C(c4cccnc4)SC3=NC2=O)c(C)n1-c1cccc(F)c1. The standard InChI is InChI=1S/C23H17FN6OS/c1-13-9-16(14(2)29(13)18-7-3-6-17(24)11-18)10-19-20(25)30-23(27-21(19)31)32-22(28-30)15-5-4-8-26-12-15/h3-12,25H,1-2H3/b19-10-,25-20?. The first-order valence-corrected chi connectivity index (χ1v) is 10.6. The normalized spacial score (nSPS) is 17.0. The van der Waals surface area contributed by atoms with E-state index < -0.39 is 5.91 Å². The molecule has 0 atom stereocenters. The number of hydrazone groups is 1. The number of thioether (sulfide) groups is 1. The highest BCUT2D eigenvalue weighted by Crippen LogP contribution is 2.31. The Morgan fingerprint density at radius 1 is 1.16 bits per heavy atom. The van der Waals surface area contributed by atoms with Crippen molar-refractivity contribution in [3.63, 3.8) is 0 Å². The molecule has 3 aromatic rings. The molecule has 4 heterocycles. The summed E-state index contributed by atoms with van der Waals surface area (Å²) in [4.78, 5) is 21.0. The Morgan fingerprint density at radius 2 is 2.00 bits per heavy atom. The van der Waals surface area contributed by atoms with Gasteiger partial charge in [0, 0.05) is 35.0 Å². The molecule has 9 heteroatoms. The second kappa shape index (κ2) is 7.69. The van der Waals surface area contributed by atoms with Gasteiger partial charge in [-0.1, -0.05) is 6.07 Å². The molecular weight excluding hydrogens is 427 g/mol. The van der Waals surface area contributed by atoms with Gasteiger partial charge in [0.1, 0.15) is 10.9 Å². The van der Waals surface area contributed by atoms with Crippen LogP contribution >= 0.6 is 11.8 Å². The number of hydrogen-bond acceptors (Lipinski definition) is 5. The summed E-state index contributed by atoms with van der Waals surface area (Å²) in [6.45, 7) is 3.80. The number of halogens is 1. The summed E-state index contributed by atoms with van der Waals surface area (Å²) in [6, 6.07) is 11.9. The minimum atomic E-state index is -0.494. The molecule has 0 saturated heterocycles. The smallest absolute Gasteiger partial charge is 0.283 e. The van der Waals surface area contributed by atoms with Crippen molar-refractivity contribution in [3.05, 3.63) is 88.8 Å². The number of amidine groups is 2. The molecule has 7 nitrogen and oxygen atoms in total. The number of carbonyl (C=O) groups is 1. The van der Waals surface area contributed by atoms with Crippen LogP contribution in [0.25, 0.3) is 11.8 Å². The molecule has 1 N–H and O–H groups in total. The highest BCUT2D eigenvalue weighted by atomic mass is 32.2. The lowest BCUT2D eigenvalue weighted by atomic mass is 10.1. The van der Waals surface area contributed by atoms with Crippen molar-refractivity contribution in [1.29, 1.82) is 5.41 Å². The largest absolute Gasteiger partial charge is 0.318 e. The number of aliphatic imine (C=N–C) groups is 1. The van der Waals surface area contributed by atoms with E-state index in [1.54, 1.807) is 30.6 Å². The molecule has 2 aliphatic heterocycles. The Kier molecular flexibility index (Phi) is 4.82. The summed E-state index contributed by atoms with van der Waals surface area (Å²) in [5, 5.41) is 15.4. The molecule has 1 amide bonds. The van der Waals surface area contributed by atoms with Gasteiger partial charge in [0.25, 0.3) is 5.91 Å². The van der Waals surface area contributed by atoms with Crippen LogP contribution in [0.5, 0.6) is 0 Å². The zero-order chi connectivity index (χ0) is 22.4. The Bertz CT molecular complexity index is 1370. The number of nitrogens with one attached hydrogen (secondary N) is 1. The molecule has 158 valence electrons. The minimum Gasteiger partial charge on any atom is -0.318 e. The zero-order valence-corrected chi connectivity index (χ0v) is 18.0. The predicted molar refractivity (Wildman–Crippen MR) is 124 cm³/mol. The van der Waals surface area contributed by atoms with Crippen molar-refractivity contribution in [2.45, 2.75) is 13.8 Å². The molecule has 0 saturated carbocycles. The van der Waals surface area contributed by atoms with Crippen LogP contribution in [0.2, 0.25) is 0 Å². The number of fused-ring (bicyclic) bond motifs is 1. The molecule has 0 bridgehead atoms. The molecule has 2 aromatic heterocycles. The Balaban J connectivity index is 1.52. The van der Waals surface area contributed by atoms with Crippen molar-refractivity contribution in [3.8, 4) is 5.69 Å². The Morgan fingerprint density at radius 3 is 2.75 bits per heavy atom. The van der Waals surface area contributed by atoms with Crippen LogP contribution in [-0.2, 0) is 4.79 Å². The van der Waals surface area contributed by atoms with Gasteiger partial charge in [-0.25, -0.2) is 4.39 Å². The molecular formula is C23H17FN6OS. The molecule has 0 radical (unpaired) electrons. The van der Waals surface area contributed by atoms with E-state index >= 15 is 0 Å². The number of amides is 1. The van der Waals surface area contributed by atoms with E-state index in [4.69, 9.17) is 5.41 Å². The van der Waals surface area contributed by atoms with Gasteiger partial charge in [-0.15, -0.1) is 0 Å². The van der Waals surface area contributed by atoms with E-state index in [-0.39, 0.29) is 17.2 Å². The first-order chi connectivity index (χ1) is 15.4. The van der Waals surface area contributed by atoms with Gasteiger partial charge < -0.3 is 4.57 Å². The lowest BCUT2D eigenvalue weighted by Crippen LogP contribution is -2.35. The van der Waals surface area contributed by atoms with Crippen LogP contribution < -0.4 is 0 Å². The molecule has 0 spiro atoms. The van der Waals surface area contributed by atoms with Crippen molar-refractivity contribution in [1.82, 2.24) is 14.6 Å². The first-order valence-electron chi connectivity index (χ1n) is 9.78. The highest BCUT2D eigenvalue weighted by Gasteiger charge is 2.36.